The van der Waals surface area contributed by atoms with Gasteiger partial charge in [0.25, 0.3) is 0 Å². The molecule has 1 N–H and O–H groups in total. The summed E-state index contributed by atoms with van der Waals surface area (Å²) in [4.78, 5) is 11.8. The highest BCUT2D eigenvalue weighted by atomic mass is 79.9. The van der Waals surface area contributed by atoms with Crippen molar-refractivity contribution in [1.29, 1.82) is 0 Å². The molecule has 102 valence electrons. The molecular formula is C15H10BrClFNO. The monoisotopic (exact) mass is 353 g/mol. The standard InChI is InChI=1S/C15H10BrClFNO/c16-11-3-1-10(2-4-11)15(20)7-8-19-14-6-5-12(17)9-13(14)18/h1-9,19H. The number of benzene rings is 2. The highest BCUT2D eigenvalue weighted by Crippen LogP contribution is 2.18. The van der Waals surface area contributed by atoms with E-state index in [4.69, 9.17) is 11.6 Å². The van der Waals surface area contributed by atoms with E-state index in [1.54, 1.807) is 30.3 Å². The predicted molar refractivity (Wildman–Crippen MR) is 82.6 cm³/mol. The molecule has 0 bridgehead atoms. The summed E-state index contributed by atoms with van der Waals surface area (Å²) < 4.78 is 14.4. The summed E-state index contributed by atoms with van der Waals surface area (Å²) in [7, 11) is 0. The predicted octanol–water partition coefficient (Wildman–Crippen LogP) is 5.05. The average molecular weight is 355 g/mol. The van der Waals surface area contributed by atoms with Crippen molar-refractivity contribution in [2.24, 2.45) is 0 Å². The van der Waals surface area contributed by atoms with E-state index in [-0.39, 0.29) is 11.5 Å². The first kappa shape index (κ1) is 14.8. The largest absolute Gasteiger partial charge is 0.359 e. The van der Waals surface area contributed by atoms with Gasteiger partial charge in [0.15, 0.2) is 5.78 Å². The van der Waals surface area contributed by atoms with Crippen LogP contribution in [0.4, 0.5) is 10.1 Å². The van der Waals surface area contributed by atoms with Crippen molar-refractivity contribution >= 4 is 39.0 Å². The summed E-state index contributed by atoms with van der Waals surface area (Å²) in [5.41, 5.74) is 0.817. The lowest BCUT2D eigenvalue weighted by Crippen LogP contribution is -1.97. The summed E-state index contributed by atoms with van der Waals surface area (Å²) in [6.45, 7) is 0. The van der Waals surface area contributed by atoms with E-state index in [1.807, 2.05) is 0 Å². The van der Waals surface area contributed by atoms with Gasteiger partial charge in [0.05, 0.1) is 5.69 Å². The van der Waals surface area contributed by atoms with Crippen molar-refractivity contribution in [2.75, 3.05) is 5.32 Å². The lowest BCUT2D eigenvalue weighted by Gasteiger charge is -2.02. The number of ketones is 1. The lowest BCUT2D eigenvalue weighted by molar-refractivity contribution is 0.104. The molecule has 0 radical (unpaired) electrons. The van der Waals surface area contributed by atoms with E-state index in [2.05, 4.69) is 21.2 Å². The fourth-order valence-electron chi connectivity index (χ4n) is 1.52. The second-order valence-electron chi connectivity index (χ2n) is 3.97. The minimum atomic E-state index is -0.474. The molecule has 5 heteroatoms. The number of halogens is 3. The zero-order valence-electron chi connectivity index (χ0n) is 10.2. The Morgan fingerprint density at radius 3 is 2.55 bits per heavy atom. The first-order valence-corrected chi connectivity index (χ1v) is 6.91. The van der Waals surface area contributed by atoms with Gasteiger partial charge in [-0.3, -0.25) is 4.79 Å². The van der Waals surface area contributed by atoms with Gasteiger partial charge < -0.3 is 5.32 Å². The number of carbonyl (C=O) groups excluding carboxylic acids is 1. The van der Waals surface area contributed by atoms with Crippen molar-refractivity contribution in [2.45, 2.75) is 0 Å². The van der Waals surface area contributed by atoms with E-state index < -0.39 is 5.82 Å². The van der Waals surface area contributed by atoms with Crippen LogP contribution in [0.5, 0.6) is 0 Å². The first-order chi connectivity index (χ1) is 9.56. The molecule has 0 aliphatic carbocycles. The summed E-state index contributed by atoms with van der Waals surface area (Å²) in [6, 6.07) is 11.3. The van der Waals surface area contributed by atoms with Gasteiger partial charge in [-0.05, 0) is 42.5 Å². The minimum Gasteiger partial charge on any atom is -0.359 e. The molecule has 0 spiro atoms. The summed E-state index contributed by atoms with van der Waals surface area (Å²) >= 11 is 8.95. The molecule has 2 nitrogen and oxygen atoms in total. The molecule has 2 aromatic carbocycles. The van der Waals surface area contributed by atoms with E-state index in [1.165, 1.54) is 24.4 Å². The van der Waals surface area contributed by atoms with Crippen LogP contribution in [0.2, 0.25) is 5.02 Å². The molecule has 2 rings (SSSR count). The van der Waals surface area contributed by atoms with E-state index in [0.29, 0.717) is 10.6 Å². The average Bonchev–Trinajstić information content (AvgIpc) is 2.42. The van der Waals surface area contributed by atoms with Crippen molar-refractivity contribution in [1.82, 2.24) is 0 Å². The number of anilines is 1. The molecule has 0 saturated carbocycles. The Kier molecular flexibility index (Phi) is 4.93. The Balaban J connectivity index is 2.02. The van der Waals surface area contributed by atoms with Crippen LogP contribution in [-0.2, 0) is 0 Å². The lowest BCUT2D eigenvalue weighted by atomic mass is 10.1. The van der Waals surface area contributed by atoms with E-state index in [9.17, 15) is 9.18 Å². The highest BCUT2D eigenvalue weighted by molar-refractivity contribution is 9.10. The van der Waals surface area contributed by atoms with Crippen molar-refractivity contribution < 1.29 is 9.18 Å². The molecular weight excluding hydrogens is 345 g/mol. The molecule has 0 fully saturated rings. The molecule has 2 aromatic rings. The smallest absolute Gasteiger partial charge is 0.187 e. The van der Waals surface area contributed by atoms with Gasteiger partial charge >= 0.3 is 0 Å². The zero-order chi connectivity index (χ0) is 14.5. The Bertz CT molecular complexity index is 655. The zero-order valence-corrected chi connectivity index (χ0v) is 12.6. The van der Waals surface area contributed by atoms with E-state index in [0.717, 1.165) is 4.47 Å². The molecule has 0 amide bonds. The van der Waals surface area contributed by atoms with Crippen LogP contribution in [-0.4, -0.2) is 5.78 Å². The van der Waals surface area contributed by atoms with Crippen LogP contribution in [0.25, 0.3) is 0 Å². The number of hydrogen-bond acceptors (Lipinski definition) is 2. The molecule has 20 heavy (non-hydrogen) atoms. The normalized spacial score (nSPS) is 10.8. The van der Waals surface area contributed by atoms with Gasteiger partial charge in [-0.15, -0.1) is 0 Å². The van der Waals surface area contributed by atoms with Gasteiger partial charge in [-0.25, -0.2) is 4.39 Å². The van der Waals surface area contributed by atoms with Crippen LogP contribution in [0.1, 0.15) is 10.4 Å². The molecule has 0 aliphatic heterocycles. The first-order valence-electron chi connectivity index (χ1n) is 5.74. The van der Waals surface area contributed by atoms with Gasteiger partial charge in [-0.1, -0.05) is 27.5 Å². The third kappa shape index (κ3) is 3.92. The third-order valence-corrected chi connectivity index (χ3v) is 3.30. The molecule has 0 heterocycles. The van der Waals surface area contributed by atoms with Crippen molar-refractivity contribution in [3.63, 3.8) is 0 Å². The Labute approximate surface area is 129 Å². The molecule has 0 unspecified atom stereocenters. The van der Waals surface area contributed by atoms with Crippen LogP contribution in [0.15, 0.2) is 59.2 Å². The molecule has 0 aromatic heterocycles. The SMILES string of the molecule is O=C(C=CNc1ccc(Cl)cc1F)c1ccc(Br)cc1. The van der Waals surface area contributed by atoms with Gasteiger partial charge in [0.2, 0.25) is 0 Å². The number of carbonyl (C=O) groups is 1. The molecule has 0 atom stereocenters. The summed E-state index contributed by atoms with van der Waals surface area (Å²) in [5, 5.41) is 3.03. The van der Waals surface area contributed by atoms with Crippen LogP contribution < -0.4 is 5.32 Å². The number of rotatable bonds is 4. The summed E-state index contributed by atoms with van der Waals surface area (Å²) in [5.74, 6) is -0.641. The summed E-state index contributed by atoms with van der Waals surface area (Å²) in [6.07, 6.45) is 2.74. The topological polar surface area (TPSA) is 29.1 Å². The highest BCUT2D eigenvalue weighted by Gasteiger charge is 2.02. The number of hydrogen-bond donors (Lipinski definition) is 1. The van der Waals surface area contributed by atoms with Gasteiger partial charge in [0.1, 0.15) is 5.82 Å². The maximum Gasteiger partial charge on any atom is 0.187 e. The van der Waals surface area contributed by atoms with Gasteiger partial charge in [-0.2, -0.15) is 0 Å². The second-order valence-corrected chi connectivity index (χ2v) is 5.33. The van der Waals surface area contributed by atoms with Crippen molar-refractivity contribution in [3.05, 3.63) is 75.6 Å². The van der Waals surface area contributed by atoms with Gasteiger partial charge in [0, 0.05) is 27.3 Å². The molecule has 0 aliphatic rings. The van der Waals surface area contributed by atoms with Crippen LogP contribution >= 0.6 is 27.5 Å². The Morgan fingerprint density at radius 1 is 1.20 bits per heavy atom. The Hall–Kier alpha value is -1.65. The fourth-order valence-corrected chi connectivity index (χ4v) is 1.95. The third-order valence-electron chi connectivity index (χ3n) is 2.53. The number of allylic oxidation sites excluding steroid dienone is 1. The minimum absolute atomic E-state index is 0.167. The second kappa shape index (κ2) is 6.68. The Morgan fingerprint density at radius 2 is 1.90 bits per heavy atom. The fraction of sp³-hybridized carbons (Fsp3) is 0. The quantitative estimate of drug-likeness (QED) is 0.615. The maximum atomic E-state index is 13.5. The maximum absolute atomic E-state index is 13.5. The van der Waals surface area contributed by atoms with Crippen molar-refractivity contribution in [3.8, 4) is 0 Å². The van der Waals surface area contributed by atoms with Crippen LogP contribution in [0.3, 0.4) is 0 Å². The molecule has 0 saturated heterocycles. The van der Waals surface area contributed by atoms with Crippen LogP contribution in [0, 0.1) is 5.82 Å². The number of nitrogens with one attached hydrogen (secondary N) is 1. The van der Waals surface area contributed by atoms with E-state index >= 15 is 0 Å².